The van der Waals surface area contributed by atoms with E-state index in [1.54, 1.807) is 13.8 Å². The summed E-state index contributed by atoms with van der Waals surface area (Å²) in [5.74, 6) is -1.31. The van der Waals surface area contributed by atoms with Crippen LogP contribution in [-0.4, -0.2) is 59.9 Å². The van der Waals surface area contributed by atoms with Crippen LogP contribution in [0.5, 0.6) is 0 Å². The Labute approximate surface area is 123 Å². The van der Waals surface area contributed by atoms with E-state index in [2.05, 4.69) is 10.6 Å². The molecule has 8 heteroatoms. The Morgan fingerprint density at radius 1 is 1.24 bits per heavy atom. The molecule has 0 unspecified atom stereocenters. The molecule has 5 atom stereocenters. The van der Waals surface area contributed by atoms with Crippen molar-refractivity contribution in [2.24, 2.45) is 0 Å². The third-order valence-corrected chi connectivity index (χ3v) is 3.40. The number of nitrogens with one attached hydrogen (secondary N) is 2. The lowest BCUT2D eigenvalue weighted by molar-refractivity contribution is -0.216. The molecule has 2 amide bonds. The maximum Gasteiger partial charge on any atom is 0.217 e. The van der Waals surface area contributed by atoms with Crippen molar-refractivity contribution in [2.45, 2.75) is 64.1 Å². The Morgan fingerprint density at radius 2 is 1.90 bits per heavy atom. The molecule has 0 aliphatic carbocycles. The van der Waals surface area contributed by atoms with E-state index in [9.17, 15) is 14.7 Å². The lowest BCUT2D eigenvalue weighted by Gasteiger charge is -2.28. The largest absolute Gasteiger partial charge is 0.388 e. The van der Waals surface area contributed by atoms with E-state index in [1.807, 2.05) is 0 Å². The van der Waals surface area contributed by atoms with Crippen LogP contribution in [0.4, 0.5) is 0 Å². The van der Waals surface area contributed by atoms with Gasteiger partial charge >= 0.3 is 0 Å². The van der Waals surface area contributed by atoms with Crippen molar-refractivity contribution in [3.05, 3.63) is 0 Å². The number of rotatable bonds is 4. The van der Waals surface area contributed by atoms with Crippen LogP contribution in [0.1, 0.15) is 27.7 Å². The highest BCUT2D eigenvalue weighted by molar-refractivity contribution is 5.73. The minimum atomic E-state index is -0.980. The van der Waals surface area contributed by atoms with Crippen LogP contribution < -0.4 is 10.6 Å². The second-order valence-corrected chi connectivity index (χ2v) is 5.80. The summed E-state index contributed by atoms with van der Waals surface area (Å²) >= 11 is 0. The van der Waals surface area contributed by atoms with Crippen LogP contribution in [0.25, 0.3) is 0 Å². The lowest BCUT2D eigenvalue weighted by atomic mass is 10.0. The molecule has 2 rings (SSSR count). The third-order valence-electron chi connectivity index (χ3n) is 3.40. The van der Waals surface area contributed by atoms with Crippen LogP contribution in [-0.2, 0) is 23.8 Å². The number of aliphatic hydroxyl groups excluding tert-OH is 1. The van der Waals surface area contributed by atoms with Gasteiger partial charge in [-0.3, -0.25) is 9.59 Å². The summed E-state index contributed by atoms with van der Waals surface area (Å²) < 4.78 is 17.0. The van der Waals surface area contributed by atoms with Crippen LogP contribution in [0, 0.1) is 0 Å². The molecular formula is C13H22N2O6. The van der Waals surface area contributed by atoms with Crippen molar-refractivity contribution in [3.63, 3.8) is 0 Å². The smallest absolute Gasteiger partial charge is 0.217 e. The zero-order chi connectivity index (χ0) is 15.8. The van der Waals surface area contributed by atoms with Gasteiger partial charge in [-0.2, -0.15) is 0 Å². The number of aliphatic hydroxyl groups is 1. The topological polar surface area (TPSA) is 106 Å². The van der Waals surface area contributed by atoms with Gasteiger partial charge in [0.25, 0.3) is 0 Å². The van der Waals surface area contributed by atoms with Crippen LogP contribution >= 0.6 is 0 Å². The predicted octanol–water partition coefficient (Wildman–Crippen LogP) is -1.14. The fourth-order valence-corrected chi connectivity index (χ4v) is 2.63. The van der Waals surface area contributed by atoms with Crippen molar-refractivity contribution in [1.29, 1.82) is 0 Å². The normalized spacial score (nSPS) is 35.1. The Balaban J connectivity index is 2.07. The van der Waals surface area contributed by atoms with Gasteiger partial charge in [0.15, 0.2) is 12.1 Å². The van der Waals surface area contributed by atoms with E-state index in [1.165, 1.54) is 13.8 Å². The molecule has 21 heavy (non-hydrogen) atoms. The van der Waals surface area contributed by atoms with Crippen LogP contribution in [0.3, 0.4) is 0 Å². The molecule has 0 aromatic heterocycles. The van der Waals surface area contributed by atoms with Crippen molar-refractivity contribution in [3.8, 4) is 0 Å². The third kappa shape index (κ3) is 3.70. The fourth-order valence-electron chi connectivity index (χ4n) is 2.63. The summed E-state index contributed by atoms with van der Waals surface area (Å²) in [6.07, 6.45) is -2.85. The summed E-state index contributed by atoms with van der Waals surface area (Å²) in [4.78, 5) is 22.3. The first-order chi connectivity index (χ1) is 9.69. The van der Waals surface area contributed by atoms with Gasteiger partial charge in [0.1, 0.15) is 12.2 Å². The highest BCUT2D eigenvalue weighted by atomic mass is 16.8. The quantitative estimate of drug-likeness (QED) is 0.606. The zero-order valence-electron chi connectivity index (χ0n) is 12.6. The number of amides is 2. The molecule has 120 valence electrons. The Hall–Kier alpha value is -1.22. The standard InChI is InChI=1S/C13H22N2O6/c1-6(16)14-5-8(18)10-9(15-7(2)17)11-12(19-10)21-13(3,4)20-11/h8-12,18H,5H2,1-4H3,(H,14,16)(H,15,17)/t8-,9-,10+,11+,12+/m1/s1. The Morgan fingerprint density at radius 3 is 2.48 bits per heavy atom. The zero-order valence-corrected chi connectivity index (χ0v) is 12.6. The van der Waals surface area contributed by atoms with Gasteiger partial charge in [0.05, 0.1) is 12.1 Å². The maximum absolute atomic E-state index is 11.4. The number of ether oxygens (including phenoxy) is 3. The molecule has 0 aromatic rings. The lowest BCUT2D eigenvalue weighted by Crippen LogP contribution is -2.53. The fraction of sp³-hybridized carbons (Fsp3) is 0.846. The van der Waals surface area contributed by atoms with E-state index in [0.717, 1.165) is 0 Å². The summed E-state index contributed by atoms with van der Waals surface area (Å²) in [6, 6.07) is -0.543. The number of carbonyl (C=O) groups is 2. The molecule has 0 aromatic carbocycles. The van der Waals surface area contributed by atoms with Crippen molar-refractivity contribution >= 4 is 11.8 Å². The second-order valence-electron chi connectivity index (χ2n) is 5.80. The van der Waals surface area contributed by atoms with Crippen molar-refractivity contribution in [1.82, 2.24) is 10.6 Å². The predicted molar refractivity (Wildman–Crippen MR) is 71.0 cm³/mol. The van der Waals surface area contributed by atoms with E-state index in [0.29, 0.717) is 0 Å². The molecule has 2 aliphatic heterocycles. The summed E-state index contributed by atoms with van der Waals surface area (Å²) in [6.45, 7) is 6.27. The molecule has 2 saturated heterocycles. The molecule has 0 saturated carbocycles. The molecule has 0 spiro atoms. The number of carbonyl (C=O) groups excluding carboxylic acids is 2. The minimum Gasteiger partial charge on any atom is -0.388 e. The van der Waals surface area contributed by atoms with Gasteiger partial charge in [-0.25, -0.2) is 0 Å². The molecule has 3 N–H and O–H groups in total. The van der Waals surface area contributed by atoms with Gasteiger partial charge in [-0.05, 0) is 13.8 Å². The molecular weight excluding hydrogens is 280 g/mol. The van der Waals surface area contributed by atoms with Gasteiger partial charge in [0, 0.05) is 20.4 Å². The first kappa shape index (κ1) is 16.2. The second kappa shape index (κ2) is 5.88. The average Bonchev–Trinajstić information content (AvgIpc) is 2.79. The average molecular weight is 302 g/mol. The number of hydrogen-bond donors (Lipinski definition) is 3. The van der Waals surface area contributed by atoms with E-state index in [-0.39, 0.29) is 18.4 Å². The summed E-state index contributed by atoms with van der Waals surface area (Å²) in [5, 5.41) is 15.4. The Kier molecular flexibility index (Phi) is 4.52. The Bertz CT molecular complexity index is 427. The molecule has 2 heterocycles. The first-order valence-corrected chi connectivity index (χ1v) is 6.90. The van der Waals surface area contributed by atoms with Gasteiger partial charge < -0.3 is 30.0 Å². The van der Waals surface area contributed by atoms with E-state index >= 15 is 0 Å². The minimum absolute atomic E-state index is 0.0267. The number of fused-ring (bicyclic) bond motifs is 1. The molecule has 2 fully saturated rings. The highest BCUT2D eigenvalue weighted by Gasteiger charge is 2.56. The van der Waals surface area contributed by atoms with E-state index < -0.39 is 36.4 Å². The summed E-state index contributed by atoms with van der Waals surface area (Å²) in [5.41, 5.74) is 0. The molecule has 0 radical (unpaired) electrons. The summed E-state index contributed by atoms with van der Waals surface area (Å²) in [7, 11) is 0. The van der Waals surface area contributed by atoms with Gasteiger partial charge in [-0.15, -0.1) is 0 Å². The van der Waals surface area contributed by atoms with Gasteiger partial charge in [0.2, 0.25) is 11.8 Å². The monoisotopic (exact) mass is 302 g/mol. The van der Waals surface area contributed by atoms with Crippen molar-refractivity contribution < 1.29 is 28.9 Å². The first-order valence-electron chi connectivity index (χ1n) is 6.90. The van der Waals surface area contributed by atoms with E-state index in [4.69, 9.17) is 14.2 Å². The SMILES string of the molecule is CC(=O)NC[C@@H](O)[C@@H]1O[C@H]2OC(C)(C)O[C@H]2[C@@H]1NC(C)=O. The van der Waals surface area contributed by atoms with Crippen molar-refractivity contribution in [2.75, 3.05) is 6.54 Å². The van der Waals surface area contributed by atoms with Crippen LogP contribution in [0.15, 0.2) is 0 Å². The highest BCUT2D eigenvalue weighted by Crippen LogP contribution is 2.38. The molecule has 0 bridgehead atoms. The number of hydrogen-bond acceptors (Lipinski definition) is 6. The maximum atomic E-state index is 11.4. The molecule has 8 nitrogen and oxygen atoms in total. The molecule has 2 aliphatic rings. The van der Waals surface area contributed by atoms with Gasteiger partial charge in [-0.1, -0.05) is 0 Å². The van der Waals surface area contributed by atoms with Crippen LogP contribution in [0.2, 0.25) is 0 Å².